The van der Waals surface area contributed by atoms with Crippen molar-refractivity contribution in [1.82, 2.24) is 0 Å². The molecule has 0 aromatic heterocycles. The van der Waals surface area contributed by atoms with Crippen molar-refractivity contribution in [3.63, 3.8) is 0 Å². The van der Waals surface area contributed by atoms with E-state index in [-0.39, 0.29) is 0 Å². The molecule has 1 aromatic carbocycles. The van der Waals surface area contributed by atoms with Crippen LogP contribution in [0.1, 0.15) is 30.9 Å². The smallest absolute Gasteiger partial charge is 0.125 e. The lowest BCUT2D eigenvalue weighted by molar-refractivity contribution is 0.402. The summed E-state index contributed by atoms with van der Waals surface area (Å²) in [4.78, 5) is 0. The van der Waals surface area contributed by atoms with Gasteiger partial charge in [0.2, 0.25) is 0 Å². The molecule has 1 rings (SSSR count). The number of hydrogen-bond acceptors (Lipinski definition) is 2. The normalized spacial score (nSPS) is 12.6. The third-order valence-corrected chi connectivity index (χ3v) is 2.60. The Balaban J connectivity index is 3.14. The molecular formula is C12H19NO. The van der Waals surface area contributed by atoms with E-state index in [1.54, 1.807) is 7.11 Å². The number of aryl methyl sites for hydroxylation is 1. The fourth-order valence-electron chi connectivity index (χ4n) is 1.65. The Hall–Kier alpha value is -1.02. The van der Waals surface area contributed by atoms with Crippen LogP contribution in [0.3, 0.4) is 0 Å². The fourth-order valence-corrected chi connectivity index (χ4v) is 1.65. The first-order valence-corrected chi connectivity index (χ1v) is 5.10. The number of benzene rings is 1. The fraction of sp³-hybridized carbons (Fsp3) is 0.500. The molecule has 1 aromatic rings. The second-order valence-electron chi connectivity index (χ2n) is 3.53. The van der Waals surface area contributed by atoms with Crippen LogP contribution in [0.4, 0.5) is 0 Å². The zero-order valence-electron chi connectivity index (χ0n) is 9.21. The van der Waals surface area contributed by atoms with Gasteiger partial charge in [-0.2, -0.15) is 0 Å². The number of methoxy groups -OCH3 is 1. The highest BCUT2D eigenvalue weighted by atomic mass is 16.5. The van der Waals surface area contributed by atoms with Gasteiger partial charge in [0, 0.05) is 0 Å². The summed E-state index contributed by atoms with van der Waals surface area (Å²) in [6, 6.07) is 6.27. The van der Waals surface area contributed by atoms with Crippen LogP contribution >= 0.6 is 0 Å². The lowest BCUT2D eigenvalue weighted by atomic mass is 9.97. The van der Waals surface area contributed by atoms with Gasteiger partial charge in [0.05, 0.1) is 7.11 Å². The van der Waals surface area contributed by atoms with Crippen LogP contribution in [0.5, 0.6) is 5.75 Å². The lowest BCUT2D eigenvalue weighted by Gasteiger charge is -2.16. The van der Waals surface area contributed by atoms with Gasteiger partial charge in [-0.1, -0.05) is 32.0 Å². The Kier molecular flexibility index (Phi) is 3.96. The number of hydrogen-bond donors (Lipinski definition) is 1. The highest BCUT2D eigenvalue weighted by Gasteiger charge is 2.12. The molecule has 14 heavy (non-hydrogen) atoms. The molecule has 0 heterocycles. The molecule has 0 aliphatic rings. The summed E-state index contributed by atoms with van der Waals surface area (Å²) < 4.78 is 5.43. The van der Waals surface area contributed by atoms with Crippen LogP contribution in [0.25, 0.3) is 0 Å². The molecule has 0 fully saturated rings. The highest BCUT2D eigenvalue weighted by Crippen LogP contribution is 2.29. The first kappa shape index (κ1) is 11.1. The van der Waals surface area contributed by atoms with E-state index in [1.807, 2.05) is 0 Å². The molecule has 0 aliphatic heterocycles. The third kappa shape index (κ3) is 2.07. The Bertz CT molecular complexity index is 296. The Labute approximate surface area is 86.1 Å². The van der Waals surface area contributed by atoms with Crippen LogP contribution in [0.2, 0.25) is 0 Å². The van der Waals surface area contributed by atoms with Crippen LogP contribution < -0.4 is 10.5 Å². The van der Waals surface area contributed by atoms with Crippen LogP contribution in [-0.4, -0.2) is 13.7 Å². The number of para-hydroxylation sites is 1. The molecule has 0 radical (unpaired) electrons. The minimum atomic E-state index is 0.358. The van der Waals surface area contributed by atoms with Gasteiger partial charge < -0.3 is 10.5 Å². The summed E-state index contributed by atoms with van der Waals surface area (Å²) in [5.74, 6) is 1.37. The molecule has 0 amide bonds. The van der Waals surface area contributed by atoms with E-state index in [2.05, 4.69) is 32.0 Å². The van der Waals surface area contributed by atoms with E-state index < -0.39 is 0 Å². The van der Waals surface area contributed by atoms with E-state index in [0.717, 1.165) is 12.2 Å². The number of rotatable bonds is 4. The largest absolute Gasteiger partial charge is 0.496 e. The molecule has 1 unspecified atom stereocenters. The summed E-state index contributed by atoms with van der Waals surface area (Å²) in [6.45, 7) is 4.91. The molecule has 0 bridgehead atoms. The molecule has 1 atom stereocenters. The van der Waals surface area contributed by atoms with Crippen LogP contribution in [0.15, 0.2) is 18.2 Å². The maximum absolute atomic E-state index is 5.66. The molecule has 2 N–H and O–H groups in total. The van der Waals surface area contributed by atoms with E-state index in [4.69, 9.17) is 10.5 Å². The lowest BCUT2D eigenvalue weighted by Crippen LogP contribution is -2.10. The standard InChI is InChI=1S/C12H19NO/c1-4-10-6-5-7-11(9(2)8-13)12(10)14-3/h5-7,9H,4,8,13H2,1-3H3. The predicted molar refractivity (Wildman–Crippen MR) is 59.8 cm³/mol. The van der Waals surface area contributed by atoms with Gasteiger partial charge in [0.15, 0.2) is 0 Å². The van der Waals surface area contributed by atoms with E-state index >= 15 is 0 Å². The van der Waals surface area contributed by atoms with Gasteiger partial charge in [-0.3, -0.25) is 0 Å². The Morgan fingerprint density at radius 3 is 2.64 bits per heavy atom. The van der Waals surface area contributed by atoms with Crippen LogP contribution in [-0.2, 0) is 6.42 Å². The number of ether oxygens (including phenoxy) is 1. The molecule has 0 spiro atoms. The highest BCUT2D eigenvalue weighted by molar-refractivity contribution is 5.43. The van der Waals surface area contributed by atoms with Gasteiger partial charge >= 0.3 is 0 Å². The van der Waals surface area contributed by atoms with Crippen molar-refractivity contribution in [1.29, 1.82) is 0 Å². The second-order valence-corrected chi connectivity index (χ2v) is 3.53. The average Bonchev–Trinajstić information content (AvgIpc) is 2.26. The summed E-state index contributed by atoms with van der Waals surface area (Å²) in [5, 5.41) is 0. The zero-order valence-corrected chi connectivity index (χ0v) is 9.21. The van der Waals surface area contributed by atoms with Gasteiger partial charge in [-0.05, 0) is 30.0 Å². The Morgan fingerprint density at radius 2 is 2.14 bits per heavy atom. The quantitative estimate of drug-likeness (QED) is 0.796. The van der Waals surface area contributed by atoms with Crippen molar-refractivity contribution in [2.75, 3.05) is 13.7 Å². The minimum Gasteiger partial charge on any atom is -0.496 e. The monoisotopic (exact) mass is 193 g/mol. The van der Waals surface area contributed by atoms with Gasteiger partial charge in [0.1, 0.15) is 5.75 Å². The molecule has 0 saturated heterocycles. The Morgan fingerprint density at radius 1 is 1.43 bits per heavy atom. The predicted octanol–water partition coefficient (Wildman–Crippen LogP) is 2.32. The molecule has 0 saturated carbocycles. The maximum atomic E-state index is 5.66. The van der Waals surface area contributed by atoms with E-state index in [1.165, 1.54) is 11.1 Å². The van der Waals surface area contributed by atoms with Crippen molar-refractivity contribution in [3.05, 3.63) is 29.3 Å². The second kappa shape index (κ2) is 5.01. The molecule has 2 nitrogen and oxygen atoms in total. The van der Waals surface area contributed by atoms with Gasteiger partial charge in [-0.25, -0.2) is 0 Å². The first-order valence-electron chi connectivity index (χ1n) is 5.10. The molecule has 0 aliphatic carbocycles. The van der Waals surface area contributed by atoms with Gasteiger partial charge in [-0.15, -0.1) is 0 Å². The summed E-state index contributed by atoms with van der Waals surface area (Å²) in [6.07, 6.45) is 0.994. The van der Waals surface area contributed by atoms with E-state index in [0.29, 0.717) is 12.5 Å². The summed E-state index contributed by atoms with van der Waals surface area (Å²) >= 11 is 0. The summed E-state index contributed by atoms with van der Waals surface area (Å²) in [5.41, 5.74) is 8.14. The first-order chi connectivity index (χ1) is 6.74. The topological polar surface area (TPSA) is 35.2 Å². The maximum Gasteiger partial charge on any atom is 0.125 e. The minimum absolute atomic E-state index is 0.358. The molecule has 2 heteroatoms. The number of nitrogens with two attached hydrogens (primary N) is 1. The van der Waals surface area contributed by atoms with Crippen molar-refractivity contribution < 1.29 is 4.74 Å². The zero-order chi connectivity index (χ0) is 10.6. The average molecular weight is 193 g/mol. The van der Waals surface area contributed by atoms with Crippen LogP contribution in [0, 0.1) is 0 Å². The van der Waals surface area contributed by atoms with Crippen molar-refractivity contribution in [2.24, 2.45) is 5.73 Å². The van der Waals surface area contributed by atoms with Crippen molar-refractivity contribution in [2.45, 2.75) is 26.2 Å². The van der Waals surface area contributed by atoms with Gasteiger partial charge in [0.25, 0.3) is 0 Å². The van der Waals surface area contributed by atoms with E-state index in [9.17, 15) is 0 Å². The van der Waals surface area contributed by atoms with Crippen molar-refractivity contribution >= 4 is 0 Å². The van der Waals surface area contributed by atoms with Crippen molar-refractivity contribution in [3.8, 4) is 5.75 Å². The SMILES string of the molecule is CCc1cccc(C(C)CN)c1OC. The third-order valence-electron chi connectivity index (χ3n) is 2.60. The molecular weight excluding hydrogens is 174 g/mol. The summed E-state index contributed by atoms with van der Waals surface area (Å²) in [7, 11) is 1.72. The molecule has 78 valence electrons.